The van der Waals surface area contributed by atoms with Gasteiger partial charge in [-0.2, -0.15) is 0 Å². The summed E-state index contributed by atoms with van der Waals surface area (Å²) in [5.74, 6) is -0.153. The van der Waals surface area contributed by atoms with Crippen molar-refractivity contribution in [2.75, 3.05) is 6.61 Å². The third-order valence-corrected chi connectivity index (χ3v) is 1.77. The smallest absolute Gasteiger partial charge is 0.469 e. The number of phenols is 2. The van der Waals surface area contributed by atoms with Crippen LogP contribution < -0.4 is 0 Å². The van der Waals surface area contributed by atoms with Gasteiger partial charge in [-0.15, -0.1) is 0 Å². The Hall–Kier alpha value is -1.07. The minimum Gasteiger partial charge on any atom is -0.504 e. The lowest BCUT2D eigenvalue weighted by molar-refractivity contribution is 0.206. The number of phenolic OH excluding ortho intramolecular Hbond substituents is 2. The fourth-order valence-corrected chi connectivity index (χ4v) is 0.969. The second-order valence-electron chi connectivity index (χ2n) is 2.40. The van der Waals surface area contributed by atoms with Gasteiger partial charge in [-0.1, -0.05) is 12.1 Å². The summed E-state index contributed by atoms with van der Waals surface area (Å²) in [4.78, 5) is 15.8. The zero-order chi connectivity index (χ0) is 11.9. The van der Waals surface area contributed by atoms with Crippen LogP contribution in [-0.2, 0) is 9.09 Å². The number of phosphoric ester groups is 1. The van der Waals surface area contributed by atoms with Crippen LogP contribution in [0, 0.1) is 0 Å². The molecule has 6 nitrogen and oxygen atoms in total. The van der Waals surface area contributed by atoms with Gasteiger partial charge in [0.25, 0.3) is 0 Å². The summed E-state index contributed by atoms with van der Waals surface area (Å²) in [6.07, 6.45) is 0. The van der Waals surface area contributed by atoms with E-state index in [1.807, 2.05) is 0 Å². The molecule has 0 spiro atoms. The molecule has 0 radical (unpaired) electrons. The van der Waals surface area contributed by atoms with Crippen LogP contribution in [0.5, 0.6) is 11.5 Å². The maximum absolute atomic E-state index is 9.70. The quantitative estimate of drug-likeness (QED) is 0.454. The van der Waals surface area contributed by atoms with Crippen LogP contribution in [0.25, 0.3) is 0 Å². The van der Waals surface area contributed by atoms with Gasteiger partial charge in [0.2, 0.25) is 0 Å². The van der Waals surface area contributed by atoms with E-state index in [0.717, 1.165) is 0 Å². The van der Waals surface area contributed by atoms with E-state index in [1.165, 1.54) is 19.1 Å². The fraction of sp³-hybridized carbons (Fsp3) is 0.250. The van der Waals surface area contributed by atoms with Crippen LogP contribution in [0.4, 0.5) is 0 Å². The Kier molecular flexibility index (Phi) is 5.96. The maximum Gasteiger partial charge on any atom is 0.469 e. The highest BCUT2D eigenvalue weighted by molar-refractivity contribution is 7.46. The Labute approximate surface area is 87.0 Å². The molecule has 0 atom stereocenters. The van der Waals surface area contributed by atoms with Crippen LogP contribution in [0.3, 0.4) is 0 Å². The average molecular weight is 236 g/mol. The molecule has 0 saturated carbocycles. The molecule has 0 aliphatic carbocycles. The third-order valence-electron chi connectivity index (χ3n) is 1.18. The summed E-state index contributed by atoms with van der Waals surface area (Å²) in [6, 6.07) is 6.15. The zero-order valence-electron chi connectivity index (χ0n) is 8.07. The molecule has 1 aromatic carbocycles. The van der Waals surface area contributed by atoms with Crippen molar-refractivity contribution in [2.45, 2.75) is 6.92 Å². The molecule has 15 heavy (non-hydrogen) atoms. The van der Waals surface area contributed by atoms with Crippen molar-refractivity contribution in [1.29, 1.82) is 0 Å². The predicted octanol–water partition coefficient (Wildman–Crippen LogP) is 1.21. The highest BCUT2D eigenvalue weighted by atomic mass is 31.2. The van der Waals surface area contributed by atoms with Gasteiger partial charge in [-0.25, -0.2) is 4.57 Å². The summed E-state index contributed by atoms with van der Waals surface area (Å²) in [7, 11) is -4.17. The molecule has 0 bridgehead atoms. The largest absolute Gasteiger partial charge is 0.504 e. The topological polar surface area (TPSA) is 107 Å². The number of hydrogen-bond donors (Lipinski definition) is 4. The lowest BCUT2D eigenvalue weighted by atomic mass is 10.3. The highest BCUT2D eigenvalue weighted by Crippen LogP contribution is 2.34. The van der Waals surface area contributed by atoms with E-state index in [9.17, 15) is 4.57 Å². The van der Waals surface area contributed by atoms with E-state index in [0.29, 0.717) is 0 Å². The summed E-state index contributed by atoms with van der Waals surface area (Å²) in [5, 5.41) is 17.3. The molecular weight excluding hydrogens is 223 g/mol. The minimum atomic E-state index is -4.17. The van der Waals surface area contributed by atoms with E-state index in [4.69, 9.17) is 20.0 Å². The van der Waals surface area contributed by atoms with Crippen molar-refractivity contribution >= 4 is 7.82 Å². The third kappa shape index (κ3) is 7.96. The molecule has 0 aliphatic heterocycles. The van der Waals surface area contributed by atoms with Gasteiger partial charge in [-0.3, -0.25) is 4.52 Å². The van der Waals surface area contributed by atoms with Gasteiger partial charge in [0, 0.05) is 0 Å². The molecule has 0 amide bonds. The molecule has 0 aliphatic rings. The van der Waals surface area contributed by atoms with E-state index in [2.05, 4.69) is 4.52 Å². The molecular formula is C8H13O6P. The normalized spacial score (nSPS) is 10.3. The molecule has 0 fully saturated rings. The lowest BCUT2D eigenvalue weighted by Crippen LogP contribution is -1.84. The Morgan fingerprint density at radius 3 is 1.73 bits per heavy atom. The zero-order valence-corrected chi connectivity index (χ0v) is 8.96. The van der Waals surface area contributed by atoms with Crippen LogP contribution in [0.15, 0.2) is 24.3 Å². The molecule has 0 unspecified atom stereocenters. The Bertz CT molecular complexity index is 313. The fourth-order valence-electron chi connectivity index (χ4n) is 0.632. The second-order valence-corrected chi connectivity index (χ2v) is 3.64. The first-order valence-corrected chi connectivity index (χ1v) is 5.57. The molecule has 4 N–H and O–H groups in total. The van der Waals surface area contributed by atoms with Gasteiger partial charge in [0.1, 0.15) is 0 Å². The van der Waals surface area contributed by atoms with Crippen molar-refractivity contribution in [2.24, 2.45) is 0 Å². The second kappa shape index (κ2) is 6.42. The summed E-state index contributed by atoms with van der Waals surface area (Å²) in [6.45, 7) is 1.56. The summed E-state index contributed by atoms with van der Waals surface area (Å²) in [5.41, 5.74) is 0. The Balaban J connectivity index is 0.000000265. The van der Waals surface area contributed by atoms with Gasteiger partial charge in [0.15, 0.2) is 11.5 Å². The first-order valence-electron chi connectivity index (χ1n) is 4.04. The Morgan fingerprint density at radius 1 is 1.20 bits per heavy atom. The first-order chi connectivity index (χ1) is 6.87. The molecule has 1 aromatic rings. The SMILES string of the molecule is CCOP(=O)(O)O.Oc1ccccc1O. The van der Waals surface area contributed by atoms with Crippen LogP contribution in [0.2, 0.25) is 0 Å². The van der Waals surface area contributed by atoms with Crippen molar-refractivity contribution in [3.8, 4) is 11.5 Å². The first kappa shape index (κ1) is 13.9. The van der Waals surface area contributed by atoms with Crippen molar-refractivity contribution in [1.82, 2.24) is 0 Å². The predicted molar refractivity (Wildman–Crippen MR) is 53.4 cm³/mol. The number of phosphoric acid groups is 1. The number of aromatic hydroxyl groups is 2. The minimum absolute atomic E-state index is 0.0459. The van der Waals surface area contributed by atoms with Crippen molar-refractivity contribution in [3.05, 3.63) is 24.3 Å². The van der Waals surface area contributed by atoms with E-state index >= 15 is 0 Å². The monoisotopic (exact) mass is 236 g/mol. The van der Waals surface area contributed by atoms with E-state index < -0.39 is 7.82 Å². The van der Waals surface area contributed by atoms with Gasteiger partial charge < -0.3 is 20.0 Å². The van der Waals surface area contributed by atoms with Crippen molar-refractivity contribution in [3.63, 3.8) is 0 Å². The summed E-state index contributed by atoms with van der Waals surface area (Å²) < 4.78 is 13.6. The number of benzene rings is 1. The molecule has 0 aromatic heterocycles. The number of rotatable bonds is 2. The van der Waals surface area contributed by atoms with Gasteiger partial charge in [-0.05, 0) is 19.1 Å². The Morgan fingerprint density at radius 2 is 1.60 bits per heavy atom. The lowest BCUT2D eigenvalue weighted by Gasteiger charge is -1.98. The van der Waals surface area contributed by atoms with Gasteiger partial charge >= 0.3 is 7.82 Å². The molecule has 0 saturated heterocycles. The maximum atomic E-state index is 9.70. The van der Waals surface area contributed by atoms with Gasteiger partial charge in [0.05, 0.1) is 6.61 Å². The summed E-state index contributed by atoms with van der Waals surface area (Å²) >= 11 is 0. The van der Waals surface area contributed by atoms with E-state index in [-0.39, 0.29) is 18.1 Å². The highest BCUT2D eigenvalue weighted by Gasteiger charge is 2.10. The molecule has 7 heteroatoms. The van der Waals surface area contributed by atoms with E-state index in [1.54, 1.807) is 12.1 Å². The van der Waals surface area contributed by atoms with Crippen molar-refractivity contribution < 1.29 is 29.1 Å². The number of hydrogen-bond acceptors (Lipinski definition) is 4. The molecule has 0 heterocycles. The number of para-hydroxylation sites is 2. The van der Waals surface area contributed by atoms with Crippen LogP contribution in [0.1, 0.15) is 6.92 Å². The van der Waals surface area contributed by atoms with Crippen LogP contribution >= 0.6 is 7.82 Å². The standard InChI is InChI=1S/C6H6O2.C2H7O4P/c7-5-3-1-2-4-6(5)8;1-2-6-7(3,4)5/h1-4,7-8H;2H2,1H3,(H2,3,4,5). The molecule has 86 valence electrons. The van der Waals surface area contributed by atoms with Crippen LogP contribution in [-0.4, -0.2) is 26.6 Å². The average Bonchev–Trinajstić information content (AvgIpc) is 2.09. The molecule has 1 rings (SSSR count).